The van der Waals surface area contributed by atoms with Crippen LogP contribution in [-0.4, -0.2) is 6.16 Å². The average molecular weight is 166 g/mol. The second-order valence-corrected chi connectivity index (χ2v) is 1.93. The third kappa shape index (κ3) is 2520. The molecule has 0 aliphatic rings. The van der Waals surface area contributed by atoms with E-state index in [1.807, 2.05) is 27.7 Å². The molecule has 68 valence electrons. The Morgan fingerprint density at radius 2 is 0.800 bits per heavy atom. The maximum Gasteiger partial charge on any atom is -0.0410 e. The van der Waals surface area contributed by atoms with Gasteiger partial charge in [-0.15, -0.1) is 9.24 Å². The summed E-state index contributed by atoms with van der Waals surface area (Å²) in [6, 6.07) is 0. The van der Waals surface area contributed by atoms with Crippen molar-refractivity contribution >= 4 is 9.24 Å². The maximum atomic E-state index is 2.58. The summed E-state index contributed by atoms with van der Waals surface area (Å²) in [5.41, 5.74) is 0. The molecule has 1 heteroatoms. The topological polar surface area (TPSA) is 0 Å². The molecule has 0 aliphatic carbocycles. The lowest BCUT2D eigenvalue weighted by atomic mass is 10.6. The lowest BCUT2D eigenvalue weighted by Crippen LogP contribution is -1.33. The van der Waals surface area contributed by atoms with Gasteiger partial charge in [-0.2, -0.15) is 0 Å². The zero-order valence-corrected chi connectivity index (χ0v) is 10.1. The first kappa shape index (κ1) is 22.4. The van der Waals surface area contributed by atoms with E-state index in [-0.39, 0.29) is 0 Å². The molecule has 0 aliphatic heterocycles. The van der Waals surface area contributed by atoms with Gasteiger partial charge < -0.3 is 0 Å². The van der Waals surface area contributed by atoms with E-state index in [0.29, 0.717) is 0 Å². The zero-order valence-electron chi connectivity index (χ0n) is 8.99. The summed E-state index contributed by atoms with van der Waals surface area (Å²) in [5, 5.41) is 0. The van der Waals surface area contributed by atoms with E-state index in [2.05, 4.69) is 30.0 Å². The summed E-state index contributed by atoms with van der Waals surface area (Å²) in [7, 11) is 2.58. The Balaban J connectivity index is -0.0000000246. The van der Waals surface area contributed by atoms with Crippen molar-refractivity contribution in [3.05, 3.63) is 0 Å². The van der Waals surface area contributed by atoms with Crippen molar-refractivity contribution in [2.24, 2.45) is 0 Å². The Kier molecular flexibility index (Phi) is 255. The van der Waals surface area contributed by atoms with E-state index < -0.39 is 0 Å². The van der Waals surface area contributed by atoms with Crippen LogP contribution in [0.15, 0.2) is 0 Å². The lowest BCUT2D eigenvalue weighted by molar-refractivity contribution is 1.09. The number of hydrogen-bond acceptors (Lipinski definition) is 0. The first-order valence-electron chi connectivity index (χ1n) is 4.53. The molecule has 1 unspecified atom stereocenters. The minimum atomic E-state index is 1.17. The van der Waals surface area contributed by atoms with Gasteiger partial charge >= 0.3 is 0 Å². The van der Waals surface area contributed by atoms with Crippen LogP contribution in [0.3, 0.4) is 0 Å². The monoisotopic (exact) mass is 166 g/mol. The predicted molar refractivity (Wildman–Crippen MR) is 58.9 cm³/mol. The van der Waals surface area contributed by atoms with Crippen LogP contribution in [0.1, 0.15) is 54.9 Å². The first-order valence-corrected chi connectivity index (χ1v) is 5.35. The summed E-state index contributed by atoms with van der Waals surface area (Å²) in [5.74, 6) is 0. The Hall–Kier alpha value is 0.430. The molecule has 0 radical (unpaired) electrons. The maximum absolute atomic E-state index is 2.58. The molecule has 1 atom stereocenters. The quantitative estimate of drug-likeness (QED) is 0.469. The average Bonchev–Trinajstić information content (AvgIpc) is 1.99. The second kappa shape index (κ2) is 113. The summed E-state index contributed by atoms with van der Waals surface area (Å²) >= 11 is 0. The molecule has 0 fully saturated rings. The Bertz CT molecular complexity index is 6.69. The van der Waals surface area contributed by atoms with E-state index in [1.54, 1.807) is 0 Å². The fraction of sp³-hybridized carbons (Fsp3) is 1.00. The van der Waals surface area contributed by atoms with Gasteiger partial charge in [-0.1, -0.05) is 54.9 Å². The third-order valence-electron chi connectivity index (χ3n) is 0. The molecule has 0 aromatic heterocycles. The molecule has 0 spiro atoms. The van der Waals surface area contributed by atoms with Crippen LogP contribution < -0.4 is 0 Å². The van der Waals surface area contributed by atoms with E-state index in [9.17, 15) is 0 Å². The highest BCUT2D eigenvalue weighted by Gasteiger charge is 1.35. The fourth-order valence-electron chi connectivity index (χ4n) is 0. The van der Waals surface area contributed by atoms with Gasteiger partial charge in [0.05, 0.1) is 0 Å². The van der Waals surface area contributed by atoms with Crippen LogP contribution in [-0.2, 0) is 0 Å². The number of hydrogen-bond donors (Lipinski definition) is 0. The van der Waals surface area contributed by atoms with Gasteiger partial charge in [0.15, 0.2) is 0 Å². The second-order valence-electron chi connectivity index (χ2n) is 1.12. The minimum Gasteiger partial charge on any atom is -0.138 e. The lowest BCUT2D eigenvalue weighted by Gasteiger charge is -1.48. The van der Waals surface area contributed by atoms with Gasteiger partial charge in [-0.3, -0.25) is 0 Å². The fourth-order valence-corrected chi connectivity index (χ4v) is 0. The van der Waals surface area contributed by atoms with E-state index in [4.69, 9.17) is 0 Å². The molecule has 0 saturated heterocycles. The van der Waals surface area contributed by atoms with Gasteiger partial charge in [-0.05, 0) is 6.16 Å². The van der Waals surface area contributed by atoms with Gasteiger partial charge in [0.2, 0.25) is 0 Å². The normalized spacial score (nSPS) is 4.80. The van der Waals surface area contributed by atoms with Crippen LogP contribution in [0.2, 0.25) is 0 Å². The summed E-state index contributed by atoms with van der Waals surface area (Å²) in [4.78, 5) is 0. The van der Waals surface area contributed by atoms with Crippen molar-refractivity contribution in [3.8, 4) is 0 Å². The van der Waals surface area contributed by atoms with Crippen LogP contribution in [0.25, 0.3) is 0 Å². The first-order chi connectivity index (χ1) is 4.83. The molecule has 0 saturated carbocycles. The van der Waals surface area contributed by atoms with E-state index >= 15 is 0 Å². The standard InChI is InChI=1S/C3H8.C2H7P.2C2H6/c1-3-2;1-2-3;2*1-2/h3H2,1-2H3;2-3H2,1H3;2*1-2H3. The highest BCUT2D eigenvalue weighted by Crippen LogP contribution is 1.68. The molecular formula is C9H27P. The molecular weight excluding hydrogens is 139 g/mol. The molecule has 0 aromatic rings. The zero-order chi connectivity index (χ0) is 9.41. The third-order valence-corrected chi connectivity index (χ3v) is 0. The van der Waals surface area contributed by atoms with Crippen molar-refractivity contribution in [2.75, 3.05) is 6.16 Å². The van der Waals surface area contributed by atoms with Crippen LogP contribution >= 0.6 is 9.24 Å². The van der Waals surface area contributed by atoms with Crippen molar-refractivity contribution in [1.29, 1.82) is 0 Å². The van der Waals surface area contributed by atoms with Crippen molar-refractivity contribution in [2.45, 2.75) is 54.9 Å². The SMILES string of the molecule is CC.CC.CCC.CCP. The van der Waals surface area contributed by atoms with Crippen LogP contribution in [0, 0.1) is 0 Å². The molecule has 0 aromatic carbocycles. The summed E-state index contributed by atoms with van der Waals surface area (Å²) < 4.78 is 0. The minimum absolute atomic E-state index is 1.17. The molecule has 10 heavy (non-hydrogen) atoms. The number of rotatable bonds is 0. The largest absolute Gasteiger partial charge is 0.138 e. The van der Waals surface area contributed by atoms with Gasteiger partial charge in [-0.25, -0.2) is 0 Å². The van der Waals surface area contributed by atoms with Crippen molar-refractivity contribution in [3.63, 3.8) is 0 Å². The van der Waals surface area contributed by atoms with E-state index in [1.165, 1.54) is 12.6 Å². The molecule has 0 heterocycles. The van der Waals surface area contributed by atoms with Crippen LogP contribution in [0.4, 0.5) is 0 Å². The summed E-state index contributed by atoms with van der Waals surface area (Å²) in [6.45, 7) is 14.3. The Morgan fingerprint density at radius 1 is 0.800 bits per heavy atom. The smallest absolute Gasteiger partial charge is 0.0410 e. The molecule has 0 N–H and O–H groups in total. The van der Waals surface area contributed by atoms with Gasteiger partial charge in [0, 0.05) is 0 Å². The summed E-state index contributed by atoms with van der Waals surface area (Å²) in [6.07, 6.45) is 2.42. The Labute approximate surface area is 71.0 Å². The van der Waals surface area contributed by atoms with Crippen molar-refractivity contribution < 1.29 is 0 Å². The van der Waals surface area contributed by atoms with Gasteiger partial charge in [0.25, 0.3) is 0 Å². The van der Waals surface area contributed by atoms with E-state index in [0.717, 1.165) is 0 Å². The molecule has 0 rings (SSSR count). The Morgan fingerprint density at radius 3 is 0.800 bits per heavy atom. The van der Waals surface area contributed by atoms with Crippen LogP contribution in [0.5, 0.6) is 0 Å². The molecule has 0 amide bonds. The molecule has 0 nitrogen and oxygen atoms in total. The predicted octanol–water partition coefficient (Wildman–Crippen LogP) is 4.35. The highest BCUT2D eigenvalue weighted by molar-refractivity contribution is 7.16. The van der Waals surface area contributed by atoms with Gasteiger partial charge in [0.1, 0.15) is 0 Å². The highest BCUT2D eigenvalue weighted by atomic mass is 31.0. The van der Waals surface area contributed by atoms with Crippen molar-refractivity contribution in [1.82, 2.24) is 0 Å². The molecule has 0 bridgehead atoms.